The maximum absolute atomic E-state index is 11.1. The molecular formula is C12H11NO2. The zero-order valence-corrected chi connectivity index (χ0v) is 8.49. The van der Waals surface area contributed by atoms with Gasteiger partial charge in [-0.25, -0.2) is 4.79 Å². The molecule has 3 heteroatoms. The summed E-state index contributed by atoms with van der Waals surface area (Å²) in [4.78, 5) is 11.1. The number of hydrogen-bond acceptors (Lipinski definition) is 3. The van der Waals surface area contributed by atoms with E-state index in [-0.39, 0.29) is 6.61 Å². The molecule has 3 nitrogen and oxygen atoms in total. The molecule has 0 aliphatic heterocycles. The molecule has 0 bridgehead atoms. The van der Waals surface area contributed by atoms with Gasteiger partial charge in [0.1, 0.15) is 6.61 Å². The van der Waals surface area contributed by atoms with Gasteiger partial charge in [0.15, 0.2) is 0 Å². The number of nitrogens with zero attached hydrogens (tertiary/aromatic N) is 1. The van der Waals surface area contributed by atoms with Crippen LogP contribution >= 0.6 is 0 Å². The Kier molecular flexibility index (Phi) is 3.64. The molecule has 0 atom stereocenters. The molecule has 0 aliphatic carbocycles. The van der Waals surface area contributed by atoms with Crippen LogP contribution in [-0.4, -0.2) is 5.97 Å². The summed E-state index contributed by atoms with van der Waals surface area (Å²) < 4.78 is 4.94. The van der Waals surface area contributed by atoms with Crippen molar-refractivity contribution in [2.75, 3.05) is 0 Å². The fraction of sp³-hybridized carbons (Fsp3) is 0.167. The van der Waals surface area contributed by atoms with E-state index in [1.165, 1.54) is 0 Å². The van der Waals surface area contributed by atoms with Crippen LogP contribution in [0.25, 0.3) is 0 Å². The highest BCUT2D eigenvalue weighted by atomic mass is 16.5. The predicted molar refractivity (Wildman–Crippen MR) is 55.8 cm³/mol. The normalized spacial score (nSPS) is 9.07. The third-order valence-corrected chi connectivity index (χ3v) is 1.85. The van der Waals surface area contributed by atoms with Crippen LogP contribution in [0.4, 0.5) is 0 Å². The number of ether oxygens (including phenoxy) is 1. The Morgan fingerprint density at radius 1 is 1.53 bits per heavy atom. The maximum atomic E-state index is 11.1. The van der Waals surface area contributed by atoms with Gasteiger partial charge in [-0.05, 0) is 13.0 Å². The van der Waals surface area contributed by atoms with Gasteiger partial charge in [0.25, 0.3) is 0 Å². The van der Waals surface area contributed by atoms with E-state index in [1.807, 2.05) is 6.07 Å². The van der Waals surface area contributed by atoms with Crippen molar-refractivity contribution >= 4 is 5.97 Å². The van der Waals surface area contributed by atoms with Crippen LogP contribution < -0.4 is 0 Å². The van der Waals surface area contributed by atoms with Crippen molar-refractivity contribution < 1.29 is 9.53 Å². The number of esters is 1. The van der Waals surface area contributed by atoms with Gasteiger partial charge in [-0.2, -0.15) is 5.26 Å². The third kappa shape index (κ3) is 2.96. The van der Waals surface area contributed by atoms with E-state index in [2.05, 4.69) is 6.58 Å². The summed E-state index contributed by atoms with van der Waals surface area (Å²) in [5.41, 5.74) is 1.58. The summed E-state index contributed by atoms with van der Waals surface area (Å²) in [5.74, 6) is -0.442. The van der Waals surface area contributed by atoms with Crippen molar-refractivity contribution in [1.29, 1.82) is 5.26 Å². The highest BCUT2D eigenvalue weighted by Crippen LogP contribution is 2.09. The average Bonchev–Trinajstić information content (AvgIpc) is 2.26. The Labute approximate surface area is 88.6 Å². The molecule has 0 aromatic heterocycles. The smallest absolute Gasteiger partial charge is 0.333 e. The molecule has 0 amide bonds. The first-order valence-corrected chi connectivity index (χ1v) is 4.45. The quantitative estimate of drug-likeness (QED) is 0.556. The van der Waals surface area contributed by atoms with Crippen molar-refractivity contribution in [1.82, 2.24) is 0 Å². The predicted octanol–water partition coefficient (Wildman–Crippen LogP) is 2.18. The fourth-order valence-corrected chi connectivity index (χ4v) is 1.02. The lowest BCUT2D eigenvalue weighted by molar-refractivity contribution is -0.140. The second-order valence-corrected chi connectivity index (χ2v) is 3.13. The second kappa shape index (κ2) is 4.97. The molecule has 0 N–H and O–H groups in total. The number of hydrogen-bond donors (Lipinski definition) is 0. The van der Waals surface area contributed by atoms with Gasteiger partial charge in [-0.15, -0.1) is 0 Å². The summed E-state index contributed by atoms with van der Waals surface area (Å²) in [7, 11) is 0. The van der Waals surface area contributed by atoms with E-state index in [4.69, 9.17) is 10.00 Å². The number of benzene rings is 1. The molecule has 76 valence electrons. The maximum Gasteiger partial charge on any atom is 0.333 e. The SMILES string of the molecule is C=C(C)C(=O)OCc1ccccc1C#N. The van der Waals surface area contributed by atoms with Crippen molar-refractivity contribution in [3.63, 3.8) is 0 Å². The molecule has 0 spiro atoms. The zero-order valence-electron chi connectivity index (χ0n) is 8.49. The summed E-state index contributed by atoms with van der Waals surface area (Å²) >= 11 is 0. The minimum absolute atomic E-state index is 0.107. The molecule has 0 heterocycles. The molecule has 0 saturated heterocycles. The van der Waals surface area contributed by atoms with Crippen LogP contribution in [-0.2, 0) is 16.1 Å². The molecule has 0 aliphatic rings. The van der Waals surface area contributed by atoms with Gasteiger partial charge in [0.05, 0.1) is 11.6 Å². The number of rotatable bonds is 3. The highest BCUT2D eigenvalue weighted by Gasteiger charge is 2.05. The van der Waals surface area contributed by atoms with Crippen LogP contribution in [0, 0.1) is 11.3 Å². The lowest BCUT2D eigenvalue weighted by Gasteiger charge is -2.05. The van der Waals surface area contributed by atoms with Gasteiger partial charge >= 0.3 is 5.97 Å². The zero-order chi connectivity index (χ0) is 11.3. The minimum atomic E-state index is -0.442. The monoisotopic (exact) mass is 201 g/mol. The van der Waals surface area contributed by atoms with Crippen molar-refractivity contribution in [2.24, 2.45) is 0 Å². The molecular weight excluding hydrogens is 190 g/mol. The van der Waals surface area contributed by atoms with Gasteiger partial charge in [-0.1, -0.05) is 24.8 Å². The average molecular weight is 201 g/mol. The molecule has 0 fully saturated rings. The van der Waals surface area contributed by atoms with E-state index in [0.29, 0.717) is 16.7 Å². The Bertz CT molecular complexity index is 429. The number of carbonyl (C=O) groups excluding carboxylic acids is 1. The Hall–Kier alpha value is -2.08. The molecule has 1 aromatic rings. The lowest BCUT2D eigenvalue weighted by Crippen LogP contribution is -2.05. The van der Waals surface area contributed by atoms with Crippen molar-refractivity contribution in [3.05, 3.63) is 47.5 Å². The van der Waals surface area contributed by atoms with Crippen LogP contribution in [0.5, 0.6) is 0 Å². The number of nitriles is 1. The summed E-state index contributed by atoms with van der Waals surface area (Å²) in [6, 6.07) is 9.04. The van der Waals surface area contributed by atoms with Crippen LogP contribution in [0.3, 0.4) is 0 Å². The largest absolute Gasteiger partial charge is 0.457 e. The number of carbonyl (C=O) groups is 1. The molecule has 0 radical (unpaired) electrons. The van der Waals surface area contributed by atoms with Gasteiger partial charge < -0.3 is 4.74 Å². The van der Waals surface area contributed by atoms with Crippen LogP contribution in [0.15, 0.2) is 36.4 Å². The molecule has 0 saturated carbocycles. The van der Waals surface area contributed by atoms with E-state index < -0.39 is 5.97 Å². The standard InChI is InChI=1S/C12H11NO2/c1-9(2)12(14)15-8-11-6-4-3-5-10(11)7-13/h3-6H,1,8H2,2H3. The van der Waals surface area contributed by atoms with Crippen LogP contribution in [0.1, 0.15) is 18.1 Å². The molecule has 15 heavy (non-hydrogen) atoms. The first-order chi connectivity index (χ1) is 7.15. The highest BCUT2D eigenvalue weighted by molar-refractivity contribution is 5.86. The van der Waals surface area contributed by atoms with Crippen LogP contribution in [0.2, 0.25) is 0 Å². The summed E-state index contributed by atoms with van der Waals surface area (Å²) in [6.07, 6.45) is 0. The Morgan fingerprint density at radius 3 is 2.80 bits per heavy atom. The third-order valence-electron chi connectivity index (χ3n) is 1.85. The van der Waals surface area contributed by atoms with E-state index in [9.17, 15) is 4.79 Å². The van der Waals surface area contributed by atoms with Gasteiger partial charge in [0.2, 0.25) is 0 Å². The fourth-order valence-electron chi connectivity index (χ4n) is 1.02. The first kappa shape index (κ1) is 11.0. The minimum Gasteiger partial charge on any atom is -0.457 e. The van der Waals surface area contributed by atoms with Gasteiger partial charge in [0, 0.05) is 11.1 Å². The van der Waals surface area contributed by atoms with E-state index in [1.54, 1.807) is 31.2 Å². The molecule has 0 unspecified atom stereocenters. The second-order valence-electron chi connectivity index (χ2n) is 3.13. The molecule has 1 aromatic carbocycles. The van der Waals surface area contributed by atoms with E-state index in [0.717, 1.165) is 0 Å². The summed E-state index contributed by atoms with van der Waals surface area (Å²) in [6.45, 7) is 5.16. The van der Waals surface area contributed by atoms with Gasteiger partial charge in [-0.3, -0.25) is 0 Å². The topological polar surface area (TPSA) is 50.1 Å². The Morgan fingerprint density at radius 2 is 2.20 bits per heavy atom. The lowest BCUT2D eigenvalue weighted by atomic mass is 10.1. The van der Waals surface area contributed by atoms with E-state index >= 15 is 0 Å². The van der Waals surface area contributed by atoms with Crippen molar-refractivity contribution in [2.45, 2.75) is 13.5 Å². The first-order valence-electron chi connectivity index (χ1n) is 4.45. The summed E-state index contributed by atoms with van der Waals surface area (Å²) in [5, 5.41) is 8.78. The Balaban J connectivity index is 2.70. The molecule has 1 rings (SSSR count). The van der Waals surface area contributed by atoms with Crippen molar-refractivity contribution in [3.8, 4) is 6.07 Å².